The zero-order valence-electron chi connectivity index (χ0n) is 14.9. The molecular formula is C20H21Cl2FN2O2. The van der Waals surface area contributed by atoms with E-state index in [1.807, 2.05) is 12.1 Å². The van der Waals surface area contributed by atoms with Gasteiger partial charge in [0.15, 0.2) is 11.5 Å². The Morgan fingerprint density at radius 1 is 1.22 bits per heavy atom. The molecule has 5 rings (SSSR count). The van der Waals surface area contributed by atoms with Crippen molar-refractivity contribution in [2.75, 3.05) is 18.0 Å². The Kier molecular flexibility index (Phi) is 4.65. The number of benzene rings is 2. The quantitative estimate of drug-likeness (QED) is 0.790. The molecule has 3 atom stereocenters. The van der Waals surface area contributed by atoms with Crippen LogP contribution in [0.15, 0.2) is 36.4 Å². The van der Waals surface area contributed by atoms with E-state index < -0.39 is 11.6 Å². The summed E-state index contributed by atoms with van der Waals surface area (Å²) < 4.78 is 26.8. The second kappa shape index (κ2) is 6.73. The Balaban J connectivity index is 0.00000180. The van der Waals surface area contributed by atoms with Crippen LogP contribution in [0.1, 0.15) is 25.3 Å². The van der Waals surface area contributed by atoms with Gasteiger partial charge in [-0.25, -0.2) is 4.39 Å². The summed E-state index contributed by atoms with van der Waals surface area (Å²) in [4.78, 5) is 2.40. The lowest BCUT2D eigenvalue weighted by molar-refractivity contribution is -0.0705. The molecule has 1 N–H and O–H groups in total. The standard InChI is InChI=1S/C20H20ClFN2O2.ClH/c1-20(13-6-5-12(21)11-14(13)22)25-18-4-2-3-17(19(18)26-20)24-10-9-23-15-7-8-16(15)24;/h2-6,11,15-16,23H,7-10H2,1H3;1H/t15-,16-,20?;/m1./s1. The van der Waals surface area contributed by atoms with Crippen LogP contribution in [0.3, 0.4) is 0 Å². The van der Waals surface area contributed by atoms with Crippen LogP contribution in [-0.2, 0) is 5.79 Å². The molecule has 1 saturated heterocycles. The highest BCUT2D eigenvalue weighted by atomic mass is 35.5. The summed E-state index contributed by atoms with van der Waals surface area (Å²) >= 11 is 5.89. The highest BCUT2D eigenvalue weighted by molar-refractivity contribution is 6.30. The topological polar surface area (TPSA) is 33.7 Å². The third-order valence-corrected chi connectivity index (χ3v) is 5.92. The van der Waals surface area contributed by atoms with E-state index in [1.54, 1.807) is 19.1 Å². The van der Waals surface area contributed by atoms with Crippen molar-refractivity contribution in [2.45, 2.75) is 37.6 Å². The minimum absolute atomic E-state index is 0. The van der Waals surface area contributed by atoms with Crippen LogP contribution in [0.2, 0.25) is 5.02 Å². The monoisotopic (exact) mass is 410 g/mol. The number of hydrogen-bond acceptors (Lipinski definition) is 4. The molecule has 1 saturated carbocycles. The molecule has 3 aliphatic rings. The normalized spacial score (nSPS) is 28.2. The van der Waals surface area contributed by atoms with Crippen molar-refractivity contribution in [1.82, 2.24) is 5.32 Å². The van der Waals surface area contributed by atoms with Crippen LogP contribution in [0.5, 0.6) is 11.5 Å². The van der Waals surface area contributed by atoms with E-state index in [0.717, 1.165) is 18.8 Å². The number of nitrogens with zero attached hydrogens (tertiary/aromatic N) is 1. The van der Waals surface area contributed by atoms with Gasteiger partial charge in [0, 0.05) is 37.1 Å². The summed E-state index contributed by atoms with van der Waals surface area (Å²) in [6, 6.07) is 11.5. The number of hydrogen-bond donors (Lipinski definition) is 1. The van der Waals surface area contributed by atoms with Gasteiger partial charge >= 0.3 is 0 Å². The Labute approximate surface area is 169 Å². The van der Waals surface area contributed by atoms with Crippen LogP contribution >= 0.6 is 24.0 Å². The molecule has 2 aromatic rings. The van der Waals surface area contributed by atoms with E-state index in [-0.39, 0.29) is 12.4 Å². The third kappa shape index (κ3) is 2.93. The molecule has 0 spiro atoms. The number of para-hydroxylation sites is 1. The fraction of sp³-hybridized carbons (Fsp3) is 0.400. The molecule has 2 aliphatic heterocycles. The average molecular weight is 411 g/mol. The van der Waals surface area contributed by atoms with Crippen molar-refractivity contribution < 1.29 is 13.9 Å². The van der Waals surface area contributed by atoms with E-state index in [4.69, 9.17) is 21.1 Å². The minimum atomic E-state index is -1.21. The van der Waals surface area contributed by atoms with Crippen LogP contribution < -0.4 is 19.7 Å². The van der Waals surface area contributed by atoms with Crippen molar-refractivity contribution in [3.8, 4) is 11.5 Å². The molecular weight excluding hydrogens is 390 g/mol. The van der Waals surface area contributed by atoms with Crippen LogP contribution in [0.4, 0.5) is 10.1 Å². The van der Waals surface area contributed by atoms with Gasteiger partial charge in [0.1, 0.15) is 5.82 Å². The molecule has 2 heterocycles. The van der Waals surface area contributed by atoms with Gasteiger partial charge in [0.05, 0.1) is 11.3 Å². The van der Waals surface area contributed by atoms with Crippen LogP contribution in [-0.4, -0.2) is 25.2 Å². The Morgan fingerprint density at radius 3 is 2.81 bits per heavy atom. The first kappa shape index (κ1) is 18.7. The molecule has 0 amide bonds. The molecule has 0 radical (unpaired) electrons. The molecule has 0 aromatic heterocycles. The predicted octanol–water partition coefficient (Wildman–Crippen LogP) is 4.49. The smallest absolute Gasteiger partial charge is 0.278 e. The number of ether oxygens (including phenoxy) is 2. The van der Waals surface area contributed by atoms with Gasteiger partial charge in [0.25, 0.3) is 5.79 Å². The molecule has 2 fully saturated rings. The number of piperazine rings is 1. The van der Waals surface area contributed by atoms with Gasteiger partial charge in [-0.2, -0.15) is 0 Å². The Bertz CT molecular complexity index is 881. The molecule has 1 aliphatic carbocycles. The van der Waals surface area contributed by atoms with Gasteiger partial charge < -0.3 is 19.7 Å². The Hall–Kier alpha value is -1.69. The van der Waals surface area contributed by atoms with Crippen LogP contribution in [0.25, 0.3) is 0 Å². The lowest BCUT2D eigenvalue weighted by Crippen LogP contribution is -2.63. The molecule has 0 bridgehead atoms. The van der Waals surface area contributed by atoms with E-state index in [0.29, 0.717) is 34.2 Å². The summed E-state index contributed by atoms with van der Waals surface area (Å²) in [5, 5.41) is 3.91. The number of nitrogens with one attached hydrogen (secondary N) is 1. The molecule has 4 nitrogen and oxygen atoms in total. The fourth-order valence-electron chi connectivity index (χ4n) is 4.24. The number of anilines is 1. The molecule has 2 aromatic carbocycles. The van der Waals surface area contributed by atoms with Crippen molar-refractivity contribution in [3.05, 3.63) is 52.8 Å². The van der Waals surface area contributed by atoms with Crippen molar-refractivity contribution in [1.29, 1.82) is 0 Å². The maximum Gasteiger partial charge on any atom is 0.278 e. The zero-order valence-corrected chi connectivity index (χ0v) is 16.4. The molecule has 144 valence electrons. The van der Waals surface area contributed by atoms with Crippen LogP contribution in [0, 0.1) is 5.82 Å². The maximum atomic E-state index is 14.5. The second-order valence-corrected chi connectivity index (χ2v) is 7.71. The summed E-state index contributed by atoms with van der Waals surface area (Å²) in [5.41, 5.74) is 1.36. The van der Waals surface area contributed by atoms with Crippen molar-refractivity contribution >= 4 is 29.7 Å². The van der Waals surface area contributed by atoms with Gasteiger partial charge in [-0.3, -0.25) is 0 Å². The first-order valence-electron chi connectivity index (χ1n) is 9.02. The van der Waals surface area contributed by atoms with Gasteiger partial charge in [-0.15, -0.1) is 12.4 Å². The minimum Gasteiger partial charge on any atom is -0.444 e. The first-order chi connectivity index (χ1) is 12.5. The van der Waals surface area contributed by atoms with Gasteiger partial charge in [0.2, 0.25) is 0 Å². The summed E-state index contributed by atoms with van der Waals surface area (Å²) in [5.74, 6) is -0.304. The molecule has 1 unspecified atom stereocenters. The Morgan fingerprint density at radius 2 is 2.07 bits per heavy atom. The lowest BCUT2D eigenvalue weighted by Gasteiger charge is -2.50. The second-order valence-electron chi connectivity index (χ2n) is 7.28. The summed E-state index contributed by atoms with van der Waals surface area (Å²) in [7, 11) is 0. The first-order valence-corrected chi connectivity index (χ1v) is 9.39. The lowest BCUT2D eigenvalue weighted by atomic mass is 9.83. The zero-order chi connectivity index (χ0) is 17.9. The SMILES string of the molecule is CC1(c2ccc(Cl)cc2F)Oc2cccc(N3CCN[C@@H]4CC[C@H]43)c2O1.Cl. The predicted molar refractivity (Wildman–Crippen MR) is 106 cm³/mol. The summed E-state index contributed by atoms with van der Waals surface area (Å²) in [6.45, 7) is 3.62. The average Bonchev–Trinajstić information content (AvgIpc) is 2.92. The van der Waals surface area contributed by atoms with Gasteiger partial charge in [-0.05, 0) is 43.2 Å². The maximum absolute atomic E-state index is 14.5. The van der Waals surface area contributed by atoms with E-state index >= 15 is 0 Å². The van der Waals surface area contributed by atoms with E-state index in [1.165, 1.54) is 18.9 Å². The molecule has 7 heteroatoms. The fourth-order valence-corrected chi connectivity index (χ4v) is 4.39. The van der Waals surface area contributed by atoms with E-state index in [2.05, 4.69) is 16.3 Å². The number of fused-ring (bicyclic) bond motifs is 2. The number of halogens is 3. The third-order valence-electron chi connectivity index (χ3n) is 5.69. The van der Waals surface area contributed by atoms with E-state index in [9.17, 15) is 4.39 Å². The van der Waals surface area contributed by atoms with Crippen molar-refractivity contribution in [3.63, 3.8) is 0 Å². The van der Waals surface area contributed by atoms with Gasteiger partial charge in [-0.1, -0.05) is 17.7 Å². The number of rotatable bonds is 2. The highest BCUT2D eigenvalue weighted by Crippen LogP contribution is 2.51. The van der Waals surface area contributed by atoms with Crippen molar-refractivity contribution in [2.24, 2.45) is 0 Å². The highest BCUT2D eigenvalue weighted by Gasteiger charge is 2.45. The largest absolute Gasteiger partial charge is 0.444 e. The summed E-state index contributed by atoms with van der Waals surface area (Å²) in [6.07, 6.45) is 2.38. The molecule has 27 heavy (non-hydrogen) atoms.